The van der Waals surface area contributed by atoms with Gasteiger partial charge in [-0.15, -0.1) is 0 Å². The van der Waals surface area contributed by atoms with Crippen LogP contribution in [0, 0.1) is 11.8 Å². The van der Waals surface area contributed by atoms with E-state index in [0.29, 0.717) is 5.92 Å². The molecule has 180 valence electrons. The van der Waals surface area contributed by atoms with E-state index in [-0.39, 0.29) is 5.54 Å². The highest BCUT2D eigenvalue weighted by atomic mass is 15.2. The van der Waals surface area contributed by atoms with Crippen molar-refractivity contribution in [2.24, 2.45) is 17.6 Å². The monoisotopic (exact) mass is 447 g/mol. The summed E-state index contributed by atoms with van der Waals surface area (Å²) >= 11 is 0. The summed E-state index contributed by atoms with van der Waals surface area (Å²) in [6, 6.07) is 22.6. The Morgan fingerprint density at radius 3 is 2.06 bits per heavy atom. The quantitative estimate of drug-likeness (QED) is 0.535. The summed E-state index contributed by atoms with van der Waals surface area (Å²) in [5, 5.41) is 0. The summed E-state index contributed by atoms with van der Waals surface area (Å²) in [6.07, 6.45) is 8.89. The molecule has 2 aliphatic heterocycles. The van der Waals surface area contributed by atoms with Crippen LogP contribution in [0.25, 0.3) is 0 Å². The normalized spacial score (nSPS) is 21.3. The zero-order valence-electron chi connectivity index (χ0n) is 21.0. The molecule has 1 atom stereocenters. The Morgan fingerprint density at radius 1 is 0.848 bits per heavy atom. The van der Waals surface area contributed by atoms with Gasteiger partial charge in [-0.25, -0.2) is 0 Å². The summed E-state index contributed by atoms with van der Waals surface area (Å²) in [5.41, 5.74) is 9.51. The Labute approximate surface area is 202 Å². The minimum atomic E-state index is -0.219. The van der Waals surface area contributed by atoms with Crippen LogP contribution in [0.15, 0.2) is 60.7 Å². The Hall–Kier alpha value is -1.68. The van der Waals surface area contributed by atoms with Gasteiger partial charge >= 0.3 is 0 Å². The Bertz CT molecular complexity index is 805. The minimum absolute atomic E-state index is 0.219. The van der Waals surface area contributed by atoms with Gasteiger partial charge in [0.1, 0.15) is 0 Å². The van der Waals surface area contributed by atoms with Gasteiger partial charge in [0.15, 0.2) is 0 Å². The number of nitrogens with two attached hydrogens (primary N) is 1. The van der Waals surface area contributed by atoms with Gasteiger partial charge in [0.05, 0.1) is 0 Å². The third-order valence-corrected chi connectivity index (χ3v) is 8.50. The third-order valence-electron chi connectivity index (χ3n) is 8.50. The molecule has 0 spiro atoms. The smallest absolute Gasteiger partial charge is 0.0433 e. The average molecular weight is 448 g/mol. The van der Waals surface area contributed by atoms with Crippen LogP contribution in [0.5, 0.6) is 0 Å². The predicted octanol–water partition coefficient (Wildman–Crippen LogP) is 5.70. The molecule has 2 N–H and O–H groups in total. The van der Waals surface area contributed by atoms with Crippen molar-refractivity contribution in [1.82, 2.24) is 9.80 Å². The largest absolute Gasteiger partial charge is 0.321 e. The van der Waals surface area contributed by atoms with Gasteiger partial charge in [-0.1, -0.05) is 74.5 Å². The molecule has 2 aromatic carbocycles. The molecule has 2 heterocycles. The van der Waals surface area contributed by atoms with Gasteiger partial charge in [-0.3, -0.25) is 0 Å². The second-order valence-corrected chi connectivity index (χ2v) is 10.9. The lowest BCUT2D eigenvalue weighted by Crippen LogP contribution is -2.48. The van der Waals surface area contributed by atoms with Crippen molar-refractivity contribution in [1.29, 1.82) is 0 Å². The predicted molar refractivity (Wildman–Crippen MR) is 140 cm³/mol. The fourth-order valence-corrected chi connectivity index (χ4v) is 6.09. The number of benzene rings is 2. The van der Waals surface area contributed by atoms with E-state index in [9.17, 15) is 0 Å². The molecule has 33 heavy (non-hydrogen) atoms. The van der Waals surface area contributed by atoms with Crippen molar-refractivity contribution in [3.8, 4) is 0 Å². The lowest BCUT2D eigenvalue weighted by Gasteiger charge is -2.42. The molecular formula is C30H45N3. The Kier molecular flexibility index (Phi) is 8.62. The summed E-state index contributed by atoms with van der Waals surface area (Å²) < 4.78 is 0. The molecule has 2 aromatic rings. The molecule has 2 aliphatic rings. The van der Waals surface area contributed by atoms with Crippen LogP contribution in [0.2, 0.25) is 0 Å². The Morgan fingerprint density at radius 2 is 1.45 bits per heavy atom. The van der Waals surface area contributed by atoms with Crippen molar-refractivity contribution in [2.45, 2.75) is 70.4 Å². The first kappa shape index (κ1) is 24.4. The van der Waals surface area contributed by atoms with E-state index < -0.39 is 0 Å². The maximum absolute atomic E-state index is 6.93. The van der Waals surface area contributed by atoms with Crippen LogP contribution >= 0.6 is 0 Å². The first-order valence-corrected chi connectivity index (χ1v) is 13.4. The first-order valence-electron chi connectivity index (χ1n) is 13.4. The third kappa shape index (κ3) is 6.47. The second-order valence-electron chi connectivity index (χ2n) is 10.9. The first-order chi connectivity index (χ1) is 16.0. The topological polar surface area (TPSA) is 32.5 Å². The molecule has 0 aliphatic carbocycles. The molecular weight excluding hydrogens is 402 g/mol. The number of piperidine rings is 2. The van der Waals surface area contributed by atoms with E-state index in [1.165, 1.54) is 82.4 Å². The molecule has 0 aromatic heterocycles. The summed E-state index contributed by atoms with van der Waals surface area (Å²) in [6.45, 7) is 10.8. The van der Waals surface area contributed by atoms with Crippen LogP contribution in [0.1, 0.15) is 63.5 Å². The van der Waals surface area contributed by atoms with Gasteiger partial charge in [0, 0.05) is 11.6 Å². The molecule has 2 fully saturated rings. The van der Waals surface area contributed by atoms with E-state index in [0.717, 1.165) is 18.4 Å². The standard InChI is InChI=1S/C30H45N3/c1-25(2)30(31,28-12-7-4-8-13-28)18-9-19-32-20-16-29(17-21-32)33-22-14-27(15-23-33)24-26-10-5-3-6-11-26/h3-8,10-13,25,27,29H,9,14-24,31H2,1-2H3. The summed E-state index contributed by atoms with van der Waals surface area (Å²) in [4.78, 5) is 5.49. The zero-order chi connectivity index (χ0) is 23.1. The maximum Gasteiger partial charge on any atom is 0.0433 e. The molecule has 0 saturated carbocycles. The van der Waals surface area contributed by atoms with Crippen molar-refractivity contribution in [3.05, 3.63) is 71.8 Å². The van der Waals surface area contributed by atoms with Crippen LogP contribution in [-0.4, -0.2) is 48.6 Å². The van der Waals surface area contributed by atoms with Gasteiger partial charge in [0.25, 0.3) is 0 Å². The summed E-state index contributed by atoms with van der Waals surface area (Å²) in [7, 11) is 0. The highest BCUT2D eigenvalue weighted by molar-refractivity contribution is 5.24. The molecule has 4 rings (SSSR count). The number of hydrogen-bond acceptors (Lipinski definition) is 3. The van der Waals surface area contributed by atoms with E-state index >= 15 is 0 Å². The zero-order valence-corrected chi connectivity index (χ0v) is 21.0. The van der Waals surface area contributed by atoms with Gasteiger partial charge in [-0.05, 0) is 101 Å². The molecule has 0 radical (unpaired) electrons. The van der Waals surface area contributed by atoms with Crippen LogP contribution in [0.3, 0.4) is 0 Å². The molecule has 2 saturated heterocycles. The number of likely N-dealkylation sites (tertiary alicyclic amines) is 2. The van der Waals surface area contributed by atoms with Gasteiger partial charge in [0.2, 0.25) is 0 Å². The van der Waals surface area contributed by atoms with E-state index in [1.54, 1.807) is 0 Å². The van der Waals surface area contributed by atoms with E-state index in [4.69, 9.17) is 5.73 Å². The van der Waals surface area contributed by atoms with Crippen LogP contribution in [-0.2, 0) is 12.0 Å². The number of nitrogens with zero attached hydrogens (tertiary/aromatic N) is 2. The van der Waals surface area contributed by atoms with Crippen LogP contribution < -0.4 is 5.73 Å². The lowest BCUT2D eigenvalue weighted by molar-refractivity contribution is 0.0760. The van der Waals surface area contributed by atoms with Crippen LogP contribution in [0.4, 0.5) is 0 Å². The minimum Gasteiger partial charge on any atom is -0.321 e. The fourth-order valence-electron chi connectivity index (χ4n) is 6.09. The maximum atomic E-state index is 6.93. The van der Waals surface area contributed by atoms with Crippen molar-refractivity contribution < 1.29 is 0 Å². The van der Waals surface area contributed by atoms with Crippen molar-refractivity contribution >= 4 is 0 Å². The molecule has 3 heteroatoms. The molecule has 0 bridgehead atoms. The average Bonchev–Trinajstić information content (AvgIpc) is 2.86. The molecule has 0 amide bonds. The highest BCUT2D eigenvalue weighted by Gasteiger charge is 2.32. The SMILES string of the molecule is CC(C)C(N)(CCCN1CCC(N2CCC(Cc3ccccc3)CC2)CC1)c1ccccc1. The van der Waals surface area contributed by atoms with E-state index in [1.807, 2.05) is 0 Å². The fraction of sp³-hybridized carbons (Fsp3) is 0.600. The lowest BCUT2D eigenvalue weighted by atomic mass is 9.77. The van der Waals surface area contributed by atoms with E-state index in [2.05, 4.69) is 84.3 Å². The number of rotatable bonds is 9. The second kappa shape index (κ2) is 11.6. The van der Waals surface area contributed by atoms with Crippen molar-refractivity contribution in [3.63, 3.8) is 0 Å². The molecule has 1 unspecified atom stereocenters. The highest BCUT2D eigenvalue weighted by Crippen LogP contribution is 2.32. The Balaban J connectivity index is 1.17. The molecule has 3 nitrogen and oxygen atoms in total. The van der Waals surface area contributed by atoms with Gasteiger partial charge in [-0.2, -0.15) is 0 Å². The van der Waals surface area contributed by atoms with Crippen molar-refractivity contribution in [2.75, 3.05) is 32.7 Å². The van der Waals surface area contributed by atoms with Gasteiger partial charge < -0.3 is 15.5 Å². The number of hydrogen-bond donors (Lipinski definition) is 1. The summed E-state index contributed by atoms with van der Waals surface area (Å²) in [5.74, 6) is 1.31.